The van der Waals surface area contributed by atoms with Crippen LogP contribution in [0.1, 0.15) is 25.5 Å². The lowest BCUT2D eigenvalue weighted by Gasteiger charge is -2.43. The van der Waals surface area contributed by atoms with E-state index in [1.54, 1.807) is 6.07 Å². The molecule has 0 saturated carbocycles. The van der Waals surface area contributed by atoms with Crippen LogP contribution < -0.4 is 5.32 Å². The molecule has 1 saturated heterocycles. The molecular formula is C15H22FN3O3. The van der Waals surface area contributed by atoms with Crippen molar-refractivity contribution < 1.29 is 14.4 Å². The molecule has 0 radical (unpaired) electrons. The second-order valence-electron chi connectivity index (χ2n) is 6.30. The molecule has 22 heavy (non-hydrogen) atoms. The fourth-order valence-electron chi connectivity index (χ4n) is 3.02. The molecule has 1 atom stereocenters. The molecule has 1 aromatic rings. The molecule has 0 bridgehead atoms. The van der Waals surface area contributed by atoms with Crippen LogP contribution in [0.25, 0.3) is 0 Å². The minimum atomic E-state index is -0.838. The SMILES string of the molecule is CC(C)(CO)[C@H](c1ccc(F)c([N+](=O)[O-])c1)N1CCNCC1. The monoisotopic (exact) mass is 311 g/mol. The summed E-state index contributed by atoms with van der Waals surface area (Å²) in [7, 11) is 0. The Labute approximate surface area is 129 Å². The number of nitro groups is 1. The summed E-state index contributed by atoms with van der Waals surface area (Å²) in [4.78, 5) is 12.5. The van der Waals surface area contributed by atoms with Gasteiger partial charge in [0.25, 0.3) is 0 Å². The molecule has 1 aliphatic rings. The van der Waals surface area contributed by atoms with Crippen LogP contribution in [-0.4, -0.2) is 47.7 Å². The lowest BCUT2D eigenvalue weighted by molar-refractivity contribution is -0.387. The second kappa shape index (κ2) is 6.68. The Morgan fingerprint density at radius 2 is 2.09 bits per heavy atom. The Morgan fingerprint density at radius 1 is 1.45 bits per heavy atom. The predicted molar refractivity (Wildman–Crippen MR) is 81.1 cm³/mol. The van der Waals surface area contributed by atoms with Gasteiger partial charge in [-0.1, -0.05) is 19.9 Å². The zero-order valence-corrected chi connectivity index (χ0v) is 12.9. The third-order valence-electron chi connectivity index (χ3n) is 4.15. The number of aliphatic hydroxyl groups is 1. The Balaban J connectivity index is 2.44. The van der Waals surface area contributed by atoms with E-state index in [9.17, 15) is 19.6 Å². The first-order chi connectivity index (χ1) is 10.4. The Morgan fingerprint density at radius 3 is 2.64 bits per heavy atom. The zero-order valence-electron chi connectivity index (χ0n) is 12.9. The van der Waals surface area contributed by atoms with Gasteiger partial charge < -0.3 is 10.4 Å². The van der Waals surface area contributed by atoms with Crippen molar-refractivity contribution in [2.24, 2.45) is 5.41 Å². The molecule has 1 aliphatic heterocycles. The number of nitro benzene ring substituents is 1. The van der Waals surface area contributed by atoms with Crippen LogP contribution >= 0.6 is 0 Å². The lowest BCUT2D eigenvalue weighted by atomic mass is 9.79. The maximum atomic E-state index is 13.6. The fourth-order valence-corrected chi connectivity index (χ4v) is 3.02. The van der Waals surface area contributed by atoms with Gasteiger partial charge in [-0.05, 0) is 11.6 Å². The van der Waals surface area contributed by atoms with E-state index in [-0.39, 0.29) is 12.6 Å². The average molecular weight is 311 g/mol. The highest BCUT2D eigenvalue weighted by atomic mass is 19.1. The van der Waals surface area contributed by atoms with Gasteiger partial charge in [0, 0.05) is 50.3 Å². The third kappa shape index (κ3) is 3.43. The molecule has 1 fully saturated rings. The molecule has 0 aromatic heterocycles. The van der Waals surface area contributed by atoms with Crippen molar-refractivity contribution in [3.8, 4) is 0 Å². The fraction of sp³-hybridized carbons (Fsp3) is 0.600. The van der Waals surface area contributed by atoms with Crippen LogP contribution in [0.2, 0.25) is 0 Å². The van der Waals surface area contributed by atoms with Crippen molar-refractivity contribution in [3.63, 3.8) is 0 Å². The van der Waals surface area contributed by atoms with Crippen LogP contribution in [0.4, 0.5) is 10.1 Å². The van der Waals surface area contributed by atoms with Crippen molar-refractivity contribution >= 4 is 5.69 Å². The summed E-state index contributed by atoms with van der Waals surface area (Å²) in [6.07, 6.45) is 0. The molecule has 0 aliphatic carbocycles. The van der Waals surface area contributed by atoms with E-state index in [0.29, 0.717) is 5.56 Å². The van der Waals surface area contributed by atoms with E-state index >= 15 is 0 Å². The van der Waals surface area contributed by atoms with Gasteiger partial charge in [0.05, 0.1) is 4.92 Å². The average Bonchev–Trinajstić information content (AvgIpc) is 2.50. The van der Waals surface area contributed by atoms with E-state index in [4.69, 9.17) is 0 Å². The quantitative estimate of drug-likeness (QED) is 0.639. The standard InChI is InChI=1S/C15H22FN3O3/c1-15(2,10-20)14(18-7-5-17-6-8-18)11-3-4-12(16)13(9-11)19(21)22/h3-4,9,14,17,20H,5-8,10H2,1-2H3/t14-/m0/s1. The zero-order chi connectivity index (χ0) is 16.3. The van der Waals surface area contributed by atoms with E-state index in [0.717, 1.165) is 32.2 Å². The van der Waals surface area contributed by atoms with Gasteiger partial charge in [-0.3, -0.25) is 15.0 Å². The predicted octanol–water partition coefficient (Wildman–Crippen LogP) is 1.70. The molecule has 1 aromatic carbocycles. The van der Waals surface area contributed by atoms with Crippen molar-refractivity contribution in [3.05, 3.63) is 39.7 Å². The van der Waals surface area contributed by atoms with E-state index in [1.165, 1.54) is 6.07 Å². The Bertz CT molecular complexity index is 545. The van der Waals surface area contributed by atoms with Gasteiger partial charge in [0.15, 0.2) is 0 Å². The number of hydrogen-bond donors (Lipinski definition) is 2. The summed E-state index contributed by atoms with van der Waals surface area (Å²) in [6.45, 7) is 6.96. The van der Waals surface area contributed by atoms with Gasteiger partial charge in [-0.2, -0.15) is 4.39 Å². The molecule has 6 nitrogen and oxygen atoms in total. The van der Waals surface area contributed by atoms with Gasteiger partial charge >= 0.3 is 5.69 Å². The third-order valence-corrected chi connectivity index (χ3v) is 4.15. The molecule has 2 N–H and O–H groups in total. The number of halogens is 1. The van der Waals surface area contributed by atoms with Crippen molar-refractivity contribution in [1.82, 2.24) is 10.2 Å². The number of piperazine rings is 1. The lowest BCUT2D eigenvalue weighted by Crippen LogP contribution is -2.49. The highest BCUT2D eigenvalue weighted by Crippen LogP contribution is 2.39. The Hall–Kier alpha value is -1.57. The van der Waals surface area contributed by atoms with Gasteiger partial charge in [-0.15, -0.1) is 0 Å². The Kier molecular flexibility index (Phi) is 5.10. The molecule has 1 heterocycles. The van der Waals surface area contributed by atoms with Gasteiger partial charge in [0.1, 0.15) is 0 Å². The maximum Gasteiger partial charge on any atom is 0.305 e. The normalized spacial score (nSPS) is 18.2. The van der Waals surface area contributed by atoms with Gasteiger partial charge in [-0.25, -0.2) is 0 Å². The van der Waals surface area contributed by atoms with Crippen molar-refractivity contribution in [1.29, 1.82) is 0 Å². The van der Waals surface area contributed by atoms with Crippen molar-refractivity contribution in [2.45, 2.75) is 19.9 Å². The second-order valence-corrected chi connectivity index (χ2v) is 6.30. The largest absolute Gasteiger partial charge is 0.396 e. The molecule has 7 heteroatoms. The van der Waals surface area contributed by atoms with Crippen LogP contribution in [-0.2, 0) is 0 Å². The highest BCUT2D eigenvalue weighted by Gasteiger charge is 2.36. The molecule has 2 rings (SSSR count). The summed E-state index contributed by atoms with van der Waals surface area (Å²) in [6, 6.07) is 3.79. The minimum absolute atomic E-state index is 0.0627. The summed E-state index contributed by atoms with van der Waals surface area (Å²) in [5.74, 6) is -0.838. The molecular weight excluding hydrogens is 289 g/mol. The van der Waals surface area contributed by atoms with E-state index in [1.807, 2.05) is 13.8 Å². The summed E-state index contributed by atoms with van der Waals surface area (Å²) in [5, 5.41) is 24.0. The van der Waals surface area contributed by atoms with Crippen molar-refractivity contribution in [2.75, 3.05) is 32.8 Å². The molecule has 0 amide bonds. The topological polar surface area (TPSA) is 78.6 Å². The van der Waals surface area contributed by atoms with E-state index < -0.39 is 21.8 Å². The van der Waals surface area contributed by atoms with E-state index in [2.05, 4.69) is 10.2 Å². The van der Waals surface area contributed by atoms with Crippen LogP contribution in [0.15, 0.2) is 18.2 Å². The summed E-state index contributed by atoms with van der Waals surface area (Å²) in [5.41, 5.74) is -0.358. The summed E-state index contributed by atoms with van der Waals surface area (Å²) >= 11 is 0. The maximum absolute atomic E-state index is 13.6. The first kappa shape index (κ1) is 16.8. The molecule has 122 valence electrons. The first-order valence-corrected chi connectivity index (χ1v) is 7.36. The summed E-state index contributed by atoms with van der Waals surface area (Å²) < 4.78 is 13.6. The minimum Gasteiger partial charge on any atom is -0.396 e. The smallest absolute Gasteiger partial charge is 0.305 e. The number of benzene rings is 1. The molecule has 0 spiro atoms. The first-order valence-electron chi connectivity index (χ1n) is 7.36. The number of nitrogens with zero attached hydrogens (tertiary/aromatic N) is 2. The molecule has 0 unspecified atom stereocenters. The number of hydrogen-bond acceptors (Lipinski definition) is 5. The highest BCUT2D eigenvalue weighted by molar-refractivity contribution is 5.38. The number of nitrogens with one attached hydrogen (secondary N) is 1. The number of aliphatic hydroxyl groups excluding tert-OH is 1. The van der Waals surface area contributed by atoms with Crippen LogP contribution in [0.3, 0.4) is 0 Å². The number of rotatable bonds is 5. The van der Waals surface area contributed by atoms with Crippen LogP contribution in [0, 0.1) is 21.3 Å². The van der Waals surface area contributed by atoms with Crippen LogP contribution in [0.5, 0.6) is 0 Å². The van der Waals surface area contributed by atoms with Gasteiger partial charge in [0.2, 0.25) is 5.82 Å².